The summed E-state index contributed by atoms with van der Waals surface area (Å²) in [5, 5.41) is 11.3. The summed E-state index contributed by atoms with van der Waals surface area (Å²) >= 11 is 2.99. The largest absolute Gasteiger partial charge is 0.410 e. The van der Waals surface area contributed by atoms with Crippen LogP contribution in [0.2, 0.25) is 0 Å². The maximum Gasteiger partial charge on any atom is 0.277 e. The first-order valence-corrected chi connectivity index (χ1v) is 9.80. The summed E-state index contributed by atoms with van der Waals surface area (Å²) in [6.45, 7) is 3.30. The van der Waals surface area contributed by atoms with E-state index < -0.39 is 0 Å². The Balaban J connectivity index is 1.57. The number of carbonyl (C=O) groups excluding carboxylic acids is 1. The lowest BCUT2D eigenvalue weighted by Gasteiger charge is -2.16. The molecule has 1 N–H and O–H groups in total. The Labute approximate surface area is 149 Å². The van der Waals surface area contributed by atoms with Gasteiger partial charge in [-0.25, -0.2) is 0 Å². The van der Waals surface area contributed by atoms with Gasteiger partial charge in [0.05, 0.1) is 17.2 Å². The second-order valence-electron chi connectivity index (χ2n) is 5.91. The zero-order valence-electron chi connectivity index (χ0n) is 13.8. The van der Waals surface area contributed by atoms with Crippen LogP contribution in [0.1, 0.15) is 23.8 Å². The van der Waals surface area contributed by atoms with E-state index in [0.29, 0.717) is 24.3 Å². The Bertz CT molecular complexity index is 699. The highest BCUT2D eigenvalue weighted by atomic mass is 32.2. The predicted octanol–water partition coefficient (Wildman–Crippen LogP) is 2.78. The van der Waals surface area contributed by atoms with Crippen LogP contribution in [-0.4, -0.2) is 42.1 Å². The second kappa shape index (κ2) is 8.13. The van der Waals surface area contributed by atoms with E-state index in [2.05, 4.69) is 28.5 Å². The fourth-order valence-electron chi connectivity index (χ4n) is 2.65. The van der Waals surface area contributed by atoms with Gasteiger partial charge in [0, 0.05) is 18.5 Å². The molecular weight excluding hydrogens is 346 g/mol. The molecule has 24 heavy (non-hydrogen) atoms. The smallest absolute Gasteiger partial charge is 0.277 e. The molecule has 8 heteroatoms. The minimum atomic E-state index is -0.0719. The summed E-state index contributed by atoms with van der Waals surface area (Å²) in [7, 11) is 1.60. The number of thioether (sulfide) groups is 1. The minimum absolute atomic E-state index is 0.0719. The fraction of sp³-hybridized carbons (Fsp3) is 0.562. The van der Waals surface area contributed by atoms with E-state index in [1.807, 2.05) is 0 Å². The molecule has 2 aromatic heterocycles. The van der Waals surface area contributed by atoms with Gasteiger partial charge >= 0.3 is 0 Å². The van der Waals surface area contributed by atoms with Gasteiger partial charge in [0.15, 0.2) is 0 Å². The van der Waals surface area contributed by atoms with Crippen molar-refractivity contribution in [2.75, 3.05) is 26.0 Å². The van der Waals surface area contributed by atoms with E-state index in [-0.39, 0.29) is 11.7 Å². The summed E-state index contributed by atoms with van der Waals surface area (Å²) in [5.74, 6) is 1.47. The first-order chi connectivity index (χ1) is 11.7. The van der Waals surface area contributed by atoms with Crippen LogP contribution in [-0.2, 0) is 22.4 Å². The monoisotopic (exact) mass is 367 g/mol. The van der Waals surface area contributed by atoms with Crippen molar-refractivity contribution < 1.29 is 13.9 Å². The van der Waals surface area contributed by atoms with Gasteiger partial charge in [0.25, 0.3) is 11.1 Å². The summed E-state index contributed by atoms with van der Waals surface area (Å²) in [5.41, 5.74) is 1.42. The van der Waals surface area contributed by atoms with Gasteiger partial charge in [0.2, 0.25) is 5.91 Å². The lowest BCUT2D eigenvalue weighted by Crippen LogP contribution is -2.28. The van der Waals surface area contributed by atoms with Crippen molar-refractivity contribution in [3.05, 3.63) is 16.5 Å². The zero-order valence-corrected chi connectivity index (χ0v) is 15.5. The van der Waals surface area contributed by atoms with Crippen molar-refractivity contribution in [1.82, 2.24) is 15.5 Å². The van der Waals surface area contributed by atoms with Crippen LogP contribution in [0.4, 0.5) is 0 Å². The number of methoxy groups -OCH3 is 1. The van der Waals surface area contributed by atoms with Gasteiger partial charge in [0.1, 0.15) is 0 Å². The number of amides is 1. The molecule has 1 aliphatic rings. The van der Waals surface area contributed by atoms with E-state index in [4.69, 9.17) is 9.15 Å². The maximum absolute atomic E-state index is 11.7. The fourth-order valence-corrected chi connectivity index (χ4v) is 4.37. The number of rotatable bonds is 7. The van der Waals surface area contributed by atoms with Gasteiger partial charge in [-0.15, -0.1) is 21.5 Å². The molecule has 130 valence electrons. The first kappa shape index (κ1) is 17.4. The number of hydrogen-bond acceptors (Lipinski definition) is 7. The molecule has 0 unspecified atom stereocenters. The van der Waals surface area contributed by atoms with Crippen molar-refractivity contribution in [1.29, 1.82) is 0 Å². The number of ether oxygens (including phenoxy) is 1. The van der Waals surface area contributed by atoms with Crippen LogP contribution < -0.4 is 5.32 Å². The molecule has 2 heterocycles. The van der Waals surface area contributed by atoms with E-state index in [0.717, 1.165) is 23.6 Å². The maximum atomic E-state index is 11.7. The van der Waals surface area contributed by atoms with Gasteiger partial charge < -0.3 is 14.5 Å². The normalized spacial score (nSPS) is 16.8. The average Bonchev–Trinajstić information content (AvgIpc) is 3.19. The van der Waals surface area contributed by atoms with Crippen LogP contribution in [0, 0.1) is 5.92 Å². The SMILES string of the molecule is COCCNC(=O)CSc1nnc(-c2cc3c(s2)CC[C@@H](C)C3)o1. The predicted molar refractivity (Wildman–Crippen MR) is 94.4 cm³/mol. The van der Waals surface area contributed by atoms with E-state index in [1.165, 1.54) is 28.6 Å². The Hall–Kier alpha value is -1.38. The molecule has 1 amide bonds. The molecule has 6 nitrogen and oxygen atoms in total. The van der Waals surface area contributed by atoms with E-state index in [1.54, 1.807) is 18.4 Å². The van der Waals surface area contributed by atoms with Crippen molar-refractivity contribution in [3.8, 4) is 10.8 Å². The standard InChI is InChI=1S/C16H21N3O3S2/c1-10-3-4-12-11(7-10)8-13(24-12)15-18-19-16(22-15)23-9-14(20)17-5-6-21-2/h8,10H,3-7,9H2,1-2H3,(H,17,20)/t10-/m1/s1. The van der Waals surface area contributed by atoms with Crippen LogP contribution in [0.3, 0.4) is 0 Å². The first-order valence-electron chi connectivity index (χ1n) is 7.99. The molecule has 0 radical (unpaired) electrons. The molecular formula is C16H21N3O3S2. The number of fused-ring (bicyclic) bond motifs is 1. The Morgan fingerprint density at radius 3 is 3.25 bits per heavy atom. The molecule has 2 aromatic rings. The number of aromatic nitrogens is 2. The number of aryl methyl sites for hydroxylation is 1. The third-order valence-corrected chi connectivity index (χ3v) is 5.95. The average molecular weight is 367 g/mol. The highest BCUT2D eigenvalue weighted by Gasteiger charge is 2.21. The van der Waals surface area contributed by atoms with Crippen molar-refractivity contribution in [2.24, 2.45) is 5.92 Å². The van der Waals surface area contributed by atoms with Gasteiger partial charge in [-0.3, -0.25) is 4.79 Å². The summed E-state index contributed by atoms with van der Waals surface area (Å²) < 4.78 is 10.6. The summed E-state index contributed by atoms with van der Waals surface area (Å²) in [4.78, 5) is 14.1. The Morgan fingerprint density at radius 1 is 1.54 bits per heavy atom. The third kappa shape index (κ3) is 4.37. The van der Waals surface area contributed by atoms with Crippen LogP contribution in [0.5, 0.6) is 0 Å². The number of thiophene rings is 1. The number of nitrogens with zero attached hydrogens (tertiary/aromatic N) is 2. The quantitative estimate of drug-likeness (QED) is 0.599. The summed E-state index contributed by atoms with van der Waals surface area (Å²) in [6.07, 6.45) is 3.51. The van der Waals surface area contributed by atoms with Crippen LogP contribution >= 0.6 is 23.1 Å². The highest BCUT2D eigenvalue weighted by molar-refractivity contribution is 7.99. The number of hydrogen-bond donors (Lipinski definition) is 1. The molecule has 0 saturated carbocycles. The highest BCUT2D eigenvalue weighted by Crippen LogP contribution is 2.37. The van der Waals surface area contributed by atoms with E-state index in [9.17, 15) is 4.79 Å². The molecule has 0 aliphatic heterocycles. The Morgan fingerprint density at radius 2 is 2.42 bits per heavy atom. The van der Waals surface area contributed by atoms with E-state index >= 15 is 0 Å². The minimum Gasteiger partial charge on any atom is -0.410 e. The molecule has 0 saturated heterocycles. The van der Waals surface area contributed by atoms with Crippen LogP contribution in [0.15, 0.2) is 15.7 Å². The molecule has 3 rings (SSSR count). The topological polar surface area (TPSA) is 77.2 Å². The lowest BCUT2D eigenvalue weighted by molar-refractivity contribution is -0.118. The third-order valence-electron chi connectivity index (χ3n) is 3.90. The molecule has 1 aliphatic carbocycles. The Kier molecular flexibility index (Phi) is 5.91. The number of nitrogens with one attached hydrogen (secondary N) is 1. The number of carbonyl (C=O) groups is 1. The molecule has 0 aromatic carbocycles. The van der Waals surface area contributed by atoms with Crippen LogP contribution in [0.25, 0.3) is 10.8 Å². The molecule has 1 atom stereocenters. The summed E-state index contributed by atoms with van der Waals surface area (Å²) in [6, 6.07) is 2.18. The second-order valence-corrected chi connectivity index (χ2v) is 7.97. The molecule has 0 spiro atoms. The van der Waals surface area contributed by atoms with Gasteiger partial charge in [-0.2, -0.15) is 0 Å². The lowest BCUT2D eigenvalue weighted by atomic mass is 9.90. The van der Waals surface area contributed by atoms with Crippen molar-refractivity contribution >= 4 is 29.0 Å². The molecule has 0 fully saturated rings. The van der Waals surface area contributed by atoms with Crippen molar-refractivity contribution in [2.45, 2.75) is 31.4 Å². The molecule has 0 bridgehead atoms. The van der Waals surface area contributed by atoms with Gasteiger partial charge in [-0.05, 0) is 36.8 Å². The van der Waals surface area contributed by atoms with Gasteiger partial charge in [-0.1, -0.05) is 18.7 Å². The van der Waals surface area contributed by atoms with Crippen molar-refractivity contribution in [3.63, 3.8) is 0 Å². The zero-order chi connectivity index (χ0) is 16.9.